The Kier molecular flexibility index (Phi) is 2.94. The smallest absolute Gasteiger partial charge is 0.266 e. The minimum Gasteiger partial charge on any atom is -0.383 e. The van der Waals surface area contributed by atoms with Crippen LogP contribution in [-0.2, 0) is 6.54 Å². The van der Waals surface area contributed by atoms with Crippen LogP contribution in [0.5, 0.6) is 0 Å². The number of hydrogen-bond donors (Lipinski definition) is 2. The van der Waals surface area contributed by atoms with Crippen molar-refractivity contribution in [3.8, 4) is 6.07 Å². The Bertz CT molecular complexity index is 384. The van der Waals surface area contributed by atoms with Crippen LogP contribution in [0.1, 0.15) is 23.1 Å². The normalized spacial score (nSPS) is 10.2. The summed E-state index contributed by atoms with van der Waals surface area (Å²) in [5, 5.41) is 8.68. The van der Waals surface area contributed by atoms with Crippen molar-refractivity contribution in [3.05, 3.63) is 22.9 Å². The molecule has 0 amide bonds. The number of pyridine rings is 1. The molecule has 0 atom stereocenters. The summed E-state index contributed by atoms with van der Waals surface area (Å²) in [5.41, 5.74) is 10.2. The molecule has 0 aliphatic rings. The molecular formula is C8H8F2N4. The van der Waals surface area contributed by atoms with E-state index in [1.165, 1.54) is 0 Å². The van der Waals surface area contributed by atoms with Gasteiger partial charge in [-0.1, -0.05) is 0 Å². The predicted octanol–water partition coefficient (Wildman–Crippen LogP) is 0.932. The van der Waals surface area contributed by atoms with Crippen molar-refractivity contribution in [3.63, 3.8) is 0 Å². The van der Waals surface area contributed by atoms with Gasteiger partial charge in [-0.25, -0.2) is 13.8 Å². The van der Waals surface area contributed by atoms with Gasteiger partial charge >= 0.3 is 0 Å². The van der Waals surface area contributed by atoms with Crippen molar-refractivity contribution in [2.24, 2.45) is 5.73 Å². The van der Waals surface area contributed by atoms with Gasteiger partial charge in [0, 0.05) is 18.3 Å². The highest BCUT2D eigenvalue weighted by atomic mass is 19.3. The van der Waals surface area contributed by atoms with E-state index in [0.29, 0.717) is 0 Å². The van der Waals surface area contributed by atoms with E-state index in [1.807, 2.05) is 0 Å². The van der Waals surface area contributed by atoms with Crippen LogP contribution in [0.4, 0.5) is 14.6 Å². The van der Waals surface area contributed by atoms with Crippen LogP contribution >= 0.6 is 0 Å². The lowest BCUT2D eigenvalue weighted by molar-refractivity contribution is 0.150. The SMILES string of the molecule is N#Cc1c(C(F)F)cnc(N)c1CN. The van der Waals surface area contributed by atoms with Gasteiger partial charge in [0.2, 0.25) is 0 Å². The van der Waals surface area contributed by atoms with E-state index in [9.17, 15) is 8.78 Å². The number of halogens is 2. The number of nitriles is 1. The van der Waals surface area contributed by atoms with Crippen molar-refractivity contribution in [1.29, 1.82) is 5.26 Å². The molecule has 0 radical (unpaired) electrons. The largest absolute Gasteiger partial charge is 0.383 e. The van der Waals surface area contributed by atoms with Gasteiger partial charge in [-0.2, -0.15) is 5.26 Å². The first-order valence-corrected chi connectivity index (χ1v) is 3.77. The molecule has 74 valence electrons. The Morgan fingerprint density at radius 3 is 2.64 bits per heavy atom. The third-order valence-electron chi connectivity index (χ3n) is 1.79. The summed E-state index contributed by atoms with van der Waals surface area (Å²) in [5.74, 6) is 0.0217. The molecule has 1 aromatic rings. The third kappa shape index (κ3) is 1.63. The van der Waals surface area contributed by atoms with Gasteiger partial charge in [-0.3, -0.25) is 0 Å². The van der Waals surface area contributed by atoms with Crippen molar-refractivity contribution < 1.29 is 8.78 Å². The zero-order valence-corrected chi connectivity index (χ0v) is 7.17. The van der Waals surface area contributed by atoms with E-state index >= 15 is 0 Å². The van der Waals surface area contributed by atoms with Crippen molar-refractivity contribution in [2.75, 3.05) is 5.73 Å². The quantitative estimate of drug-likeness (QED) is 0.739. The number of anilines is 1. The Hall–Kier alpha value is -1.74. The topological polar surface area (TPSA) is 88.7 Å². The van der Waals surface area contributed by atoms with Gasteiger partial charge in [-0.05, 0) is 0 Å². The Labute approximate surface area is 79.1 Å². The fraction of sp³-hybridized carbons (Fsp3) is 0.250. The summed E-state index contributed by atoms with van der Waals surface area (Å²) in [4.78, 5) is 3.55. The fourth-order valence-corrected chi connectivity index (χ4v) is 1.09. The lowest BCUT2D eigenvalue weighted by Gasteiger charge is -2.08. The van der Waals surface area contributed by atoms with Crippen LogP contribution in [-0.4, -0.2) is 4.98 Å². The van der Waals surface area contributed by atoms with E-state index in [-0.39, 0.29) is 23.5 Å². The van der Waals surface area contributed by atoms with Gasteiger partial charge in [0.1, 0.15) is 11.9 Å². The second-order valence-electron chi connectivity index (χ2n) is 2.57. The molecule has 4 nitrogen and oxygen atoms in total. The molecule has 0 bridgehead atoms. The summed E-state index contributed by atoms with van der Waals surface area (Å²) >= 11 is 0. The number of nitrogen functional groups attached to an aromatic ring is 1. The molecule has 1 rings (SSSR count). The van der Waals surface area contributed by atoms with Crippen molar-refractivity contribution >= 4 is 5.82 Å². The average Bonchev–Trinajstić information content (AvgIpc) is 2.16. The van der Waals surface area contributed by atoms with E-state index in [2.05, 4.69) is 4.98 Å². The molecule has 0 aliphatic carbocycles. The molecule has 4 N–H and O–H groups in total. The van der Waals surface area contributed by atoms with E-state index in [0.717, 1.165) is 6.20 Å². The van der Waals surface area contributed by atoms with E-state index in [1.54, 1.807) is 6.07 Å². The summed E-state index contributed by atoms with van der Waals surface area (Å²) in [6, 6.07) is 1.66. The van der Waals surface area contributed by atoms with Crippen LogP contribution in [0.15, 0.2) is 6.20 Å². The predicted molar refractivity (Wildman–Crippen MR) is 46.2 cm³/mol. The van der Waals surface area contributed by atoms with Crippen LogP contribution in [0.2, 0.25) is 0 Å². The third-order valence-corrected chi connectivity index (χ3v) is 1.79. The average molecular weight is 198 g/mol. The number of nitrogens with zero attached hydrogens (tertiary/aromatic N) is 2. The minimum absolute atomic E-state index is 0.0217. The highest BCUT2D eigenvalue weighted by Crippen LogP contribution is 2.26. The second kappa shape index (κ2) is 3.98. The number of nitrogens with two attached hydrogens (primary N) is 2. The Balaban J connectivity index is 3.43. The highest BCUT2D eigenvalue weighted by molar-refractivity contribution is 5.53. The molecule has 1 heterocycles. The van der Waals surface area contributed by atoms with Crippen LogP contribution in [0.3, 0.4) is 0 Å². The molecule has 0 saturated carbocycles. The zero-order valence-electron chi connectivity index (χ0n) is 7.17. The lowest BCUT2D eigenvalue weighted by Crippen LogP contribution is -2.09. The first-order chi connectivity index (χ1) is 6.61. The molecule has 0 fully saturated rings. The molecule has 6 heteroatoms. The molecule has 0 saturated heterocycles. The summed E-state index contributed by atoms with van der Waals surface area (Å²) in [6.45, 7) is -0.0811. The molecule has 1 aromatic heterocycles. The van der Waals surface area contributed by atoms with Crippen molar-refractivity contribution in [2.45, 2.75) is 13.0 Å². The molecule has 0 unspecified atom stereocenters. The number of aromatic nitrogens is 1. The molecular weight excluding hydrogens is 190 g/mol. The fourth-order valence-electron chi connectivity index (χ4n) is 1.09. The molecule has 14 heavy (non-hydrogen) atoms. The monoisotopic (exact) mass is 198 g/mol. The minimum atomic E-state index is -2.75. The van der Waals surface area contributed by atoms with E-state index in [4.69, 9.17) is 16.7 Å². The van der Waals surface area contributed by atoms with Crippen LogP contribution in [0, 0.1) is 11.3 Å². The van der Waals surface area contributed by atoms with Gasteiger partial charge in [0.15, 0.2) is 0 Å². The Morgan fingerprint density at radius 1 is 1.57 bits per heavy atom. The first kappa shape index (κ1) is 10.3. The second-order valence-corrected chi connectivity index (χ2v) is 2.57. The summed E-state index contributed by atoms with van der Waals surface area (Å²) in [7, 11) is 0. The molecule has 0 aliphatic heterocycles. The van der Waals surface area contributed by atoms with Crippen LogP contribution < -0.4 is 11.5 Å². The first-order valence-electron chi connectivity index (χ1n) is 3.77. The van der Waals surface area contributed by atoms with Crippen molar-refractivity contribution in [1.82, 2.24) is 4.98 Å². The van der Waals surface area contributed by atoms with Crippen LogP contribution in [0.25, 0.3) is 0 Å². The lowest BCUT2D eigenvalue weighted by atomic mass is 10.1. The maximum absolute atomic E-state index is 12.4. The maximum Gasteiger partial charge on any atom is 0.266 e. The summed E-state index contributed by atoms with van der Waals surface area (Å²) < 4.78 is 24.8. The molecule has 0 aromatic carbocycles. The number of rotatable bonds is 2. The zero-order chi connectivity index (χ0) is 10.7. The van der Waals surface area contributed by atoms with Gasteiger partial charge in [0.25, 0.3) is 6.43 Å². The summed E-state index contributed by atoms with van der Waals surface area (Å²) in [6.07, 6.45) is -1.85. The maximum atomic E-state index is 12.4. The molecule has 0 spiro atoms. The van der Waals surface area contributed by atoms with Gasteiger partial charge in [0.05, 0.1) is 11.1 Å². The Morgan fingerprint density at radius 2 is 2.21 bits per heavy atom. The number of alkyl halides is 2. The van der Waals surface area contributed by atoms with E-state index < -0.39 is 12.0 Å². The van der Waals surface area contributed by atoms with Gasteiger partial charge < -0.3 is 11.5 Å². The highest BCUT2D eigenvalue weighted by Gasteiger charge is 2.18. The number of hydrogen-bond acceptors (Lipinski definition) is 4. The van der Waals surface area contributed by atoms with Gasteiger partial charge in [-0.15, -0.1) is 0 Å². The standard InChI is InChI=1S/C8H8F2N4/c9-7(10)6-3-14-8(13)5(2-12)4(6)1-11/h3,7H,2,12H2,(H2,13,14).